The van der Waals surface area contributed by atoms with E-state index in [1.165, 1.54) is 0 Å². The van der Waals surface area contributed by atoms with E-state index >= 15 is 0 Å². The first-order chi connectivity index (χ1) is 6.90. The monoisotopic (exact) mass is 341 g/mol. The van der Waals surface area contributed by atoms with Crippen LogP contribution in [0.25, 0.3) is 0 Å². The van der Waals surface area contributed by atoms with Gasteiger partial charge in [0, 0.05) is 0 Å². The first kappa shape index (κ1) is 13.2. The summed E-state index contributed by atoms with van der Waals surface area (Å²) in [5.74, 6) is 0. The number of sulfonamides is 1. The average molecular weight is 341 g/mol. The van der Waals surface area contributed by atoms with Gasteiger partial charge in [0.15, 0.2) is 0 Å². The highest BCUT2D eigenvalue weighted by Crippen LogP contribution is 2.37. The molecular formula is C10H16INO2S. The van der Waals surface area contributed by atoms with Crippen molar-refractivity contribution < 1.29 is 8.42 Å². The van der Waals surface area contributed by atoms with Gasteiger partial charge in [0.25, 0.3) is 0 Å². The third-order valence-electron chi connectivity index (χ3n) is 2.51. The largest absolute Gasteiger partial charge is 0.228 e. The van der Waals surface area contributed by atoms with E-state index in [9.17, 15) is 8.42 Å². The lowest BCUT2D eigenvalue weighted by Gasteiger charge is -2.31. The van der Waals surface area contributed by atoms with Crippen molar-refractivity contribution in [3.05, 3.63) is 24.3 Å². The quantitative estimate of drug-likeness (QED) is 0.629. The predicted molar refractivity (Wildman–Crippen MR) is 71.5 cm³/mol. The Kier molecular flexibility index (Phi) is 4.37. The van der Waals surface area contributed by atoms with Gasteiger partial charge in [-0.05, 0) is 6.42 Å². The Morgan fingerprint density at radius 2 is 2.13 bits per heavy atom. The smallest absolute Gasteiger partial charge is 0.217 e. The van der Waals surface area contributed by atoms with Gasteiger partial charge in [-0.1, -0.05) is 66.7 Å². The minimum absolute atomic E-state index is 0.379. The van der Waals surface area contributed by atoms with Gasteiger partial charge in [0.2, 0.25) is 10.0 Å². The number of rotatable bonds is 4. The highest BCUT2D eigenvalue weighted by molar-refractivity contribution is 14.1. The van der Waals surface area contributed by atoms with Crippen LogP contribution in [0.15, 0.2) is 24.3 Å². The fourth-order valence-corrected chi connectivity index (χ4v) is 4.60. The fraction of sp³-hybridized carbons (Fsp3) is 0.600. The van der Waals surface area contributed by atoms with Crippen LogP contribution in [0.2, 0.25) is 0 Å². The molecule has 2 unspecified atom stereocenters. The summed E-state index contributed by atoms with van der Waals surface area (Å²) in [5, 5.41) is 4.64. The van der Waals surface area contributed by atoms with Gasteiger partial charge < -0.3 is 0 Å². The number of alkyl halides is 1. The number of nitrogens with two attached hydrogens (primary N) is 1. The first-order valence-electron chi connectivity index (χ1n) is 4.97. The summed E-state index contributed by atoms with van der Waals surface area (Å²) in [7, 11) is -3.51. The van der Waals surface area contributed by atoms with Gasteiger partial charge in [-0.25, -0.2) is 13.6 Å². The Balaban J connectivity index is 2.94. The summed E-state index contributed by atoms with van der Waals surface area (Å²) in [6.07, 6.45) is 10.2. The number of allylic oxidation sites excluding steroid dienone is 3. The number of hydrogen-bond acceptors (Lipinski definition) is 2. The minimum atomic E-state index is -3.51. The van der Waals surface area contributed by atoms with E-state index in [1.54, 1.807) is 12.2 Å². The highest BCUT2D eigenvalue weighted by Gasteiger charge is 2.39. The molecule has 0 saturated carbocycles. The molecule has 0 aliphatic heterocycles. The summed E-state index contributed by atoms with van der Waals surface area (Å²) >= 11 is 2.20. The van der Waals surface area contributed by atoms with Crippen LogP contribution in [0.4, 0.5) is 0 Å². The van der Waals surface area contributed by atoms with Gasteiger partial charge in [0.05, 0.1) is 3.42 Å². The van der Waals surface area contributed by atoms with Crippen LogP contribution in [0.5, 0.6) is 0 Å². The molecule has 0 aromatic carbocycles. The first-order valence-corrected chi connectivity index (χ1v) is 7.65. The molecule has 0 bridgehead atoms. The molecule has 2 N–H and O–H groups in total. The molecule has 1 aliphatic rings. The molecule has 15 heavy (non-hydrogen) atoms. The highest BCUT2D eigenvalue weighted by atomic mass is 127. The molecule has 1 rings (SSSR count). The molecule has 0 heterocycles. The molecule has 0 aromatic heterocycles. The SMILES string of the molecule is CCCCC1(I)C=CC=CC1S(N)(=O)=O. The third kappa shape index (κ3) is 3.29. The Bertz CT molecular complexity index is 375. The van der Waals surface area contributed by atoms with Gasteiger partial charge in [-0.3, -0.25) is 0 Å². The summed E-state index contributed by atoms with van der Waals surface area (Å²) < 4.78 is 22.5. The Morgan fingerprint density at radius 1 is 1.47 bits per heavy atom. The maximum absolute atomic E-state index is 11.5. The average Bonchev–Trinajstić information content (AvgIpc) is 2.14. The topological polar surface area (TPSA) is 60.2 Å². The maximum atomic E-state index is 11.5. The Hall–Kier alpha value is 0.120. The normalized spacial score (nSPS) is 30.7. The Labute approximate surface area is 105 Å². The van der Waals surface area contributed by atoms with Crippen LogP contribution in [0, 0.1) is 0 Å². The van der Waals surface area contributed by atoms with Crippen molar-refractivity contribution in [2.45, 2.75) is 34.9 Å². The van der Waals surface area contributed by atoms with Crippen molar-refractivity contribution in [3.8, 4) is 0 Å². The summed E-state index contributed by atoms with van der Waals surface area (Å²) in [6.45, 7) is 2.09. The maximum Gasteiger partial charge on any atom is 0.217 e. The molecule has 0 aromatic rings. The van der Waals surface area contributed by atoms with E-state index in [0.29, 0.717) is 0 Å². The fourth-order valence-electron chi connectivity index (χ4n) is 1.69. The zero-order chi connectivity index (χ0) is 11.5. The van der Waals surface area contributed by atoms with Gasteiger partial charge in [0.1, 0.15) is 5.25 Å². The molecule has 1 aliphatic carbocycles. The Morgan fingerprint density at radius 3 is 2.67 bits per heavy atom. The summed E-state index contributed by atoms with van der Waals surface area (Å²) in [4.78, 5) is 0. The van der Waals surface area contributed by atoms with Gasteiger partial charge in [-0.15, -0.1) is 0 Å². The van der Waals surface area contributed by atoms with Gasteiger partial charge >= 0.3 is 0 Å². The second-order valence-corrected chi connectivity index (χ2v) is 7.48. The van der Waals surface area contributed by atoms with Crippen molar-refractivity contribution in [3.63, 3.8) is 0 Å². The van der Waals surface area contributed by atoms with Crippen LogP contribution in [-0.4, -0.2) is 17.1 Å². The number of halogens is 1. The number of primary sulfonamides is 1. The molecule has 5 heteroatoms. The predicted octanol–water partition coefficient (Wildman–Crippen LogP) is 2.13. The second-order valence-electron chi connectivity index (χ2n) is 3.78. The van der Waals surface area contributed by atoms with Crippen LogP contribution in [-0.2, 0) is 10.0 Å². The minimum Gasteiger partial charge on any atom is -0.228 e. The van der Waals surface area contributed by atoms with Crippen molar-refractivity contribution in [1.29, 1.82) is 0 Å². The molecule has 2 atom stereocenters. The van der Waals surface area contributed by atoms with Crippen molar-refractivity contribution in [2.75, 3.05) is 0 Å². The standard InChI is InChI=1S/C10H16INO2S/c1-2-3-7-10(11)8-5-4-6-9(10)15(12,13)14/h4-6,8-9H,2-3,7H2,1H3,(H2,12,13,14). The van der Waals surface area contributed by atoms with E-state index in [0.717, 1.165) is 19.3 Å². The number of unbranched alkanes of at least 4 members (excludes halogenated alkanes) is 1. The van der Waals surface area contributed by atoms with Crippen molar-refractivity contribution in [2.24, 2.45) is 5.14 Å². The van der Waals surface area contributed by atoms with Crippen LogP contribution >= 0.6 is 22.6 Å². The molecule has 3 nitrogen and oxygen atoms in total. The van der Waals surface area contributed by atoms with Gasteiger partial charge in [-0.2, -0.15) is 0 Å². The molecule has 0 radical (unpaired) electrons. The van der Waals surface area contributed by atoms with Crippen molar-refractivity contribution >= 4 is 32.6 Å². The lowest BCUT2D eigenvalue weighted by Crippen LogP contribution is -2.43. The van der Waals surface area contributed by atoms with Crippen LogP contribution in [0.3, 0.4) is 0 Å². The summed E-state index contributed by atoms with van der Waals surface area (Å²) in [5.41, 5.74) is 0. The second kappa shape index (κ2) is 4.97. The van der Waals surface area contributed by atoms with Crippen LogP contribution < -0.4 is 5.14 Å². The molecule has 0 spiro atoms. The van der Waals surface area contributed by atoms with Crippen molar-refractivity contribution in [1.82, 2.24) is 0 Å². The van der Waals surface area contributed by atoms with E-state index in [1.807, 2.05) is 12.2 Å². The molecule has 0 fully saturated rings. The van der Waals surface area contributed by atoms with E-state index < -0.39 is 15.3 Å². The van der Waals surface area contributed by atoms with E-state index in [2.05, 4.69) is 29.5 Å². The molecular weight excluding hydrogens is 325 g/mol. The lowest BCUT2D eigenvalue weighted by atomic mass is 9.94. The molecule has 0 amide bonds. The van der Waals surface area contributed by atoms with E-state index in [4.69, 9.17) is 5.14 Å². The van der Waals surface area contributed by atoms with Crippen LogP contribution in [0.1, 0.15) is 26.2 Å². The number of hydrogen-bond donors (Lipinski definition) is 1. The lowest BCUT2D eigenvalue weighted by molar-refractivity contribution is 0.562. The molecule has 0 saturated heterocycles. The zero-order valence-electron chi connectivity index (χ0n) is 8.69. The zero-order valence-corrected chi connectivity index (χ0v) is 11.7. The van der Waals surface area contributed by atoms with E-state index in [-0.39, 0.29) is 3.42 Å². The summed E-state index contributed by atoms with van der Waals surface area (Å²) in [6, 6.07) is 0. The molecule has 86 valence electrons. The third-order valence-corrected chi connectivity index (χ3v) is 5.79.